The van der Waals surface area contributed by atoms with Crippen LogP contribution in [0, 0.1) is 5.41 Å². The summed E-state index contributed by atoms with van der Waals surface area (Å²) in [6, 6.07) is -0.625. The molecule has 8 nitrogen and oxygen atoms in total. The van der Waals surface area contributed by atoms with Crippen LogP contribution < -0.4 is 10.0 Å². The van der Waals surface area contributed by atoms with E-state index in [0.29, 0.717) is 13.0 Å². The first kappa shape index (κ1) is 17.7. The molecular weight excluding hydrogens is 298 g/mol. The summed E-state index contributed by atoms with van der Waals surface area (Å²) >= 11 is 0. The van der Waals surface area contributed by atoms with Crippen LogP contribution in [0.5, 0.6) is 0 Å². The molecule has 1 aliphatic heterocycles. The zero-order chi connectivity index (χ0) is 16.3. The van der Waals surface area contributed by atoms with Gasteiger partial charge in [-0.25, -0.2) is 17.9 Å². The van der Waals surface area contributed by atoms with Crippen molar-refractivity contribution in [2.24, 2.45) is 5.41 Å². The highest BCUT2D eigenvalue weighted by atomic mass is 32.2. The lowest BCUT2D eigenvalue weighted by Gasteiger charge is -2.20. The molecule has 0 radical (unpaired) electrons. The van der Waals surface area contributed by atoms with E-state index in [0.717, 1.165) is 0 Å². The van der Waals surface area contributed by atoms with Crippen molar-refractivity contribution in [1.82, 2.24) is 14.9 Å². The fourth-order valence-corrected chi connectivity index (χ4v) is 3.34. The first-order chi connectivity index (χ1) is 9.56. The van der Waals surface area contributed by atoms with E-state index < -0.39 is 27.4 Å². The quantitative estimate of drug-likeness (QED) is 0.627. The molecule has 0 aromatic rings. The Bertz CT molecular complexity index is 505. The van der Waals surface area contributed by atoms with Crippen LogP contribution in [0.3, 0.4) is 0 Å². The number of nitrogens with zero attached hydrogens (tertiary/aromatic N) is 1. The number of hydrogen-bond acceptors (Lipinski definition) is 4. The second kappa shape index (κ2) is 6.61. The number of urea groups is 1. The molecule has 0 bridgehead atoms. The number of carbonyl (C=O) groups is 2. The van der Waals surface area contributed by atoms with E-state index in [4.69, 9.17) is 5.11 Å². The molecular formula is C12H23N3O5S. The van der Waals surface area contributed by atoms with Gasteiger partial charge in [-0.05, 0) is 27.2 Å². The Morgan fingerprint density at radius 1 is 1.38 bits per heavy atom. The minimum Gasteiger partial charge on any atom is -0.481 e. The van der Waals surface area contributed by atoms with Crippen LogP contribution in [0.4, 0.5) is 4.79 Å². The lowest BCUT2D eigenvalue weighted by molar-refractivity contribution is -0.147. The smallest absolute Gasteiger partial charge is 0.317 e. The van der Waals surface area contributed by atoms with Gasteiger partial charge in [0.25, 0.3) is 0 Å². The highest BCUT2D eigenvalue weighted by Gasteiger charge is 2.42. The van der Waals surface area contributed by atoms with Crippen LogP contribution in [0.1, 0.15) is 27.2 Å². The molecule has 1 rings (SSSR count). The molecule has 1 atom stereocenters. The molecule has 9 heteroatoms. The van der Waals surface area contributed by atoms with Crippen molar-refractivity contribution in [2.45, 2.75) is 33.2 Å². The third kappa shape index (κ3) is 5.16. The molecule has 21 heavy (non-hydrogen) atoms. The highest BCUT2D eigenvalue weighted by Crippen LogP contribution is 2.29. The predicted molar refractivity (Wildman–Crippen MR) is 77.4 cm³/mol. The Hall–Kier alpha value is -1.35. The van der Waals surface area contributed by atoms with Crippen LogP contribution in [0.15, 0.2) is 0 Å². The minimum absolute atomic E-state index is 0.0127. The van der Waals surface area contributed by atoms with Crippen LogP contribution in [-0.2, 0) is 14.8 Å². The van der Waals surface area contributed by atoms with Gasteiger partial charge in [0.15, 0.2) is 0 Å². The van der Waals surface area contributed by atoms with Gasteiger partial charge in [0.05, 0.1) is 11.2 Å². The molecule has 2 amide bonds. The summed E-state index contributed by atoms with van der Waals surface area (Å²) in [6.07, 6.45) is 0.392. The van der Waals surface area contributed by atoms with Crippen LogP contribution in [0.25, 0.3) is 0 Å². The van der Waals surface area contributed by atoms with Crippen molar-refractivity contribution in [1.29, 1.82) is 0 Å². The van der Waals surface area contributed by atoms with Gasteiger partial charge in [0.1, 0.15) is 0 Å². The Labute approximate surface area is 124 Å². The third-order valence-corrected chi connectivity index (χ3v) is 4.91. The molecule has 0 aromatic carbocycles. The number of carboxylic acids is 1. The number of carboxylic acid groups (broad SMARTS) is 1. The standard InChI is InChI=1S/C12H23N3O5S/c1-9(2)14-21(19,20)7-5-13-11(18)15-6-4-12(3,8-15)10(16)17/h9,14H,4-8H2,1-3H3,(H,13,18)(H,16,17). The minimum atomic E-state index is -3.41. The lowest BCUT2D eigenvalue weighted by Crippen LogP contribution is -2.43. The van der Waals surface area contributed by atoms with E-state index in [2.05, 4.69) is 10.0 Å². The Morgan fingerprint density at radius 3 is 2.48 bits per heavy atom. The zero-order valence-corrected chi connectivity index (χ0v) is 13.4. The van der Waals surface area contributed by atoms with E-state index in [-0.39, 0.29) is 24.9 Å². The summed E-state index contributed by atoms with van der Waals surface area (Å²) in [5.41, 5.74) is -0.928. The van der Waals surface area contributed by atoms with Crippen LogP contribution in [-0.4, -0.2) is 61.9 Å². The summed E-state index contributed by atoms with van der Waals surface area (Å²) in [6.45, 7) is 5.50. The van der Waals surface area contributed by atoms with Crippen LogP contribution in [0.2, 0.25) is 0 Å². The topological polar surface area (TPSA) is 116 Å². The maximum Gasteiger partial charge on any atom is 0.317 e. The largest absolute Gasteiger partial charge is 0.481 e. The van der Waals surface area contributed by atoms with Crippen LogP contribution >= 0.6 is 0 Å². The fourth-order valence-electron chi connectivity index (χ4n) is 2.13. The first-order valence-corrected chi connectivity index (χ1v) is 8.47. The zero-order valence-electron chi connectivity index (χ0n) is 12.5. The molecule has 1 heterocycles. The van der Waals surface area contributed by atoms with Gasteiger partial charge >= 0.3 is 12.0 Å². The van der Waals surface area contributed by atoms with Crippen molar-refractivity contribution >= 4 is 22.0 Å². The van der Waals surface area contributed by atoms with Crippen molar-refractivity contribution < 1.29 is 23.1 Å². The van der Waals surface area contributed by atoms with Gasteiger partial charge < -0.3 is 15.3 Å². The van der Waals surface area contributed by atoms with Crippen molar-refractivity contribution in [3.63, 3.8) is 0 Å². The van der Waals surface area contributed by atoms with Gasteiger partial charge in [-0.2, -0.15) is 0 Å². The molecule has 0 spiro atoms. The van der Waals surface area contributed by atoms with Gasteiger partial charge in [-0.1, -0.05) is 0 Å². The Morgan fingerprint density at radius 2 is 2.00 bits per heavy atom. The number of sulfonamides is 1. The average Bonchev–Trinajstić information content (AvgIpc) is 2.71. The first-order valence-electron chi connectivity index (χ1n) is 6.82. The normalized spacial score (nSPS) is 22.6. The van der Waals surface area contributed by atoms with E-state index in [1.54, 1.807) is 20.8 Å². The van der Waals surface area contributed by atoms with Gasteiger partial charge in [0, 0.05) is 25.7 Å². The Kier molecular flexibility index (Phi) is 5.57. The molecule has 1 fully saturated rings. The highest BCUT2D eigenvalue weighted by molar-refractivity contribution is 7.89. The molecule has 0 saturated carbocycles. The monoisotopic (exact) mass is 321 g/mol. The molecule has 0 aromatic heterocycles. The number of carbonyl (C=O) groups excluding carboxylic acids is 1. The fraction of sp³-hybridized carbons (Fsp3) is 0.833. The molecule has 0 aliphatic carbocycles. The molecule has 1 unspecified atom stereocenters. The van der Waals surface area contributed by atoms with Crippen molar-refractivity contribution in [2.75, 3.05) is 25.4 Å². The molecule has 3 N–H and O–H groups in total. The van der Waals surface area contributed by atoms with Crippen molar-refractivity contribution in [3.8, 4) is 0 Å². The number of amides is 2. The summed E-state index contributed by atoms with van der Waals surface area (Å²) in [5.74, 6) is -1.14. The molecule has 1 aliphatic rings. The maximum absolute atomic E-state index is 11.9. The summed E-state index contributed by atoms with van der Waals surface area (Å²) in [5, 5.41) is 11.6. The van der Waals surface area contributed by atoms with Gasteiger partial charge in [-0.15, -0.1) is 0 Å². The van der Waals surface area contributed by atoms with Crippen molar-refractivity contribution in [3.05, 3.63) is 0 Å². The number of hydrogen-bond donors (Lipinski definition) is 3. The third-order valence-electron chi connectivity index (χ3n) is 3.34. The second-order valence-electron chi connectivity index (χ2n) is 5.86. The van der Waals surface area contributed by atoms with Gasteiger partial charge in [0.2, 0.25) is 10.0 Å². The van der Waals surface area contributed by atoms with E-state index in [1.807, 2.05) is 0 Å². The lowest BCUT2D eigenvalue weighted by atomic mass is 9.90. The number of aliphatic carboxylic acids is 1. The van der Waals surface area contributed by atoms with E-state index >= 15 is 0 Å². The summed E-state index contributed by atoms with van der Waals surface area (Å²) < 4.78 is 25.6. The number of nitrogens with one attached hydrogen (secondary N) is 2. The summed E-state index contributed by atoms with van der Waals surface area (Å²) in [7, 11) is -3.41. The van der Waals surface area contributed by atoms with E-state index in [1.165, 1.54) is 4.90 Å². The van der Waals surface area contributed by atoms with Gasteiger partial charge in [-0.3, -0.25) is 4.79 Å². The second-order valence-corrected chi connectivity index (χ2v) is 7.73. The SMILES string of the molecule is CC(C)NS(=O)(=O)CCNC(=O)N1CCC(C)(C(=O)O)C1. The number of likely N-dealkylation sites (tertiary alicyclic amines) is 1. The average molecular weight is 321 g/mol. The predicted octanol–water partition coefficient (Wildman–Crippen LogP) is -0.180. The molecule has 1 saturated heterocycles. The number of rotatable bonds is 6. The van der Waals surface area contributed by atoms with E-state index in [9.17, 15) is 18.0 Å². The molecule has 122 valence electrons. The maximum atomic E-state index is 11.9. The Balaban J connectivity index is 2.41. The summed E-state index contributed by atoms with van der Waals surface area (Å²) in [4.78, 5) is 24.4.